The molecule has 3 aromatic carbocycles. The lowest BCUT2D eigenvalue weighted by Crippen LogP contribution is -2.59. The second-order valence-corrected chi connectivity index (χ2v) is 9.15. The number of ether oxygens (including phenoxy) is 1. The summed E-state index contributed by atoms with van der Waals surface area (Å²) in [6.45, 7) is 7.01. The first kappa shape index (κ1) is 24.5. The SMILES string of the molecule is COC(=O)c1ccc(CN(C(=O)N2C[C@@H](C)N(Cc3ccccc3)[C@@H](C)C2)c2ccccc2)cc1. The van der Waals surface area contributed by atoms with E-state index in [1.165, 1.54) is 12.7 Å². The van der Waals surface area contributed by atoms with Crippen molar-refractivity contribution in [3.8, 4) is 0 Å². The molecule has 1 heterocycles. The van der Waals surface area contributed by atoms with Gasteiger partial charge in [0.1, 0.15) is 0 Å². The van der Waals surface area contributed by atoms with Gasteiger partial charge in [-0.3, -0.25) is 9.80 Å². The molecule has 1 fully saturated rings. The molecule has 2 amide bonds. The van der Waals surface area contributed by atoms with Crippen LogP contribution in [-0.2, 0) is 17.8 Å². The second kappa shape index (κ2) is 11.2. The molecule has 1 saturated heterocycles. The van der Waals surface area contributed by atoms with Crippen LogP contribution in [0.15, 0.2) is 84.9 Å². The fourth-order valence-corrected chi connectivity index (χ4v) is 4.71. The lowest BCUT2D eigenvalue weighted by atomic mass is 10.1. The molecule has 0 aliphatic carbocycles. The number of para-hydroxylation sites is 1. The highest BCUT2D eigenvalue weighted by Crippen LogP contribution is 2.24. The molecule has 0 unspecified atom stereocenters. The van der Waals surface area contributed by atoms with Crippen LogP contribution in [0.2, 0.25) is 0 Å². The minimum absolute atomic E-state index is 0.00805. The highest BCUT2D eigenvalue weighted by molar-refractivity contribution is 5.92. The lowest BCUT2D eigenvalue weighted by Gasteiger charge is -2.45. The summed E-state index contributed by atoms with van der Waals surface area (Å²) < 4.78 is 4.80. The number of rotatable bonds is 6. The molecule has 0 saturated carbocycles. The number of benzene rings is 3. The van der Waals surface area contributed by atoms with Gasteiger partial charge >= 0.3 is 12.0 Å². The number of hydrogen-bond donors (Lipinski definition) is 0. The van der Waals surface area contributed by atoms with E-state index >= 15 is 0 Å². The van der Waals surface area contributed by atoms with E-state index in [4.69, 9.17) is 4.74 Å². The summed E-state index contributed by atoms with van der Waals surface area (Å²) in [5.74, 6) is -0.371. The van der Waals surface area contributed by atoms with Crippen LogP contribution < -0.4 is 4.90 Å². The maximum atomic E-state index is 13.8. The average molecular weight is 472 g/mol. The van der Waals surface area contributed by atoms with Gasteiger partial charge in [-0.25, -0.2) is 9.59 Å². The van der Waals surface area contributed by atoms with Crippen LogP contribution >= 0.6 is 0 Å². The minimum Gasteiger partial charge on any atom is -0.465 e. The van der Waals surface area contributed by atoms with E-state index in [0.717, 1.165) is 17.8 Å². The van der Waals surface area contributed by atoms with E-state index in [1.54, 1.807) is 12.1 Å². The summed E-state index contributed by atoms with van der Waals surface area (Å²) in [5, 5.41) is 0. The summed E-state index contributed by atoms with van der Waals surface area (Å²) in [7, 11) is 1.37. The number of esters is 1. The predicted octanol–water partition coefficient (Wildman–Crippen LogP) is 5.19. The maximum absolute atomic E-state index is 13.8. The van der Waals surface area contributed by atoms with Gasteiger partial charge in [-0.2, -0.15) is 0 Å². The van der Waals surface area contributed by atoms with E-state index < -0.39 is 0 Å². The number of hydrogen-bond acceptors (Lipinski definition) is 4. The zero-order valence-corrected chi connectivity index (χ0v) is 20.6. The predicted molar refractivity (Wildman–Crippen MR) is 138 cm³/mol. The van der Waals surface area contributed by atoms with Gasteiger partial charge in [0.15, 0.2) is 0 Å². The number of piperazine rings is 1. The van der Waals surface area contributed by atoms with E-state index in [-0.39, 0.29) is 24.1 Å². The largest absolute Gasteiger partial charge is 0.465 e. The van der Waals surface area contributed by atoms with Crippen molar-refractivity contribution < 1.29 is 14.3 Å². The minimum atomic E-state index is -0.371. The highest BCUT2D eigenvalue weighted by Gasteiger charge is 2.34. The molecular weight excluding hydrogens is 438 g/mol. The standard InChI is InChI=1S/C29H33N3O3/c1-22-18-30(19-23(2)31(22)20-24-10-6-4-7-11-24)29(34)32(27-12-8-5-9-13-27)21-25-14-16-26(17-15-25)28(33)35-3/h4-17,22-23H,18-21H2,1-3H3/t22-,23+. The molecule has 6 heteroatoms. The molecule has 6 nitrogen and oxygen atoms in total. The van der Waals surface area contributed by atoms with Crippen molar-refractivity contribution in [3.63, 3.8) is 0 Å². The Labute approximate surface area is 207 Å². The van der Waals surface area contributed by atoms with Crippen LogP contribution in [0.3, 0.4) is 0 Å². The van der Waals surface area contributed by atoms with Gasteiger partial charge in [-0.05, 0) is 49.2 Å². The third kappa shape index (κ3) is 5.89. The number of methoxy groups -OCH3 is 1. The van der Waals surface area contributed by atoms with E-state index in [2.05, 4.69) is 43.0 Å². The van der Waals surface area contributed by atoms with Crippen LogP contribution in [0.5, 0.6) is 0 Å². The van der Waals surface area contributed by atoms with E-state index in [1.807, 2.05) is 58.3 Å². The molecule has 2 atom stereocenters. The zero-order chi connectivity index (χ0) is 24.8. The van der Waals surface area contributed by atoms with E-state index in [9.17, 15) is 9.59 Å². The second-order valence-electron chi connectivity index (χ2n) is 9.15. The first-order chi connectivity index (χ1) is 17.0. The Hall–Kier alpha value is -3.64. The fourth-order valence-electron chi connectivity index (χ4n) is 4.71. The van der Waals surface area contributed by atoms with E-state index in [0.29, 0.717) is 25.2 Å². The van der Waals surface area contributed by atoms with Crippen LogP contribution in [0.25, 0.3) is 0 Å². The Bertz CT molecular complexity index is 1110. The third-order valence-corrected chi connectivity index (χ3v) is 6.59. The summed E-state index contributed by atoms with van der Waals surface area (Å²) in [6.07, 6.45) is 0. The smallest absolute Gasteiger partial charge is 0.337 e. The summed E-state index contributed by atoms with van der Waals surface area (Å²) in [6, 6.07) is 27.9. The normalized spacial score (nSPS) is 18.2. The van der Waals surface area contributed by atoms with Crippen molar-refractivity contribution in [2.75, 3.05) is 25.1 Å². The number of amides is 2. The van der Waals surface area contributed by atoms with Gasteiger partial charge < -0.3 is 9.64 Å². The van der Waals surface area contributed by atoms with Crippen molar-refractivity contribution in [2.45, 2.75) is 39.0 Å². The summed E-state index contributed by atoms with van der Waals surface area (Å²) >= 11 is 0. The molecule has 4 rings (SSSR count). The Morgan fingerprint density at radius 1 is 0.829 bits per heavy atom. The molecule has 3 aromatic rings. The number of nitrogens with zero attached hydrogens (tertiary/aromatic N) is 3. The zero-order valence-electron chi connectivity index (χ0n) is 20.6. The van der Waals surface area contributed by atoms with Gasteiger partial charge in [0.05, 0.1) is 19.2 Å². The number of carbonyl (C=O) groups excluding carboxylic acids is 2. The highest BCUT2D eigenvalue weighted by atomic mass is 16.5. The van der Waals surface area contributed by atoms with Gasteiger partial charge in [0.25, 0.3) is 0 Å². The quantitative estimate of drug-likeness (QED) is 0.464. The van der Waals surface area contributed by atoms with Gasteiger partial charge in [0.2, 0.25) is 0 Å². The van der Waals surface area contributed by atoms with Crippen LogP contribution in [0, 0.1) is 0 Å². The molecule has 0 N–H and O–H groups in total. The summed E-state index contributed by atoms with van der Waals surface area (Å²) in [5.41, 5.74) is 3.57. The number of carbonyl (C=O) groups is 2. The van der Waals surface area contributed by atoms with Crippen LogP contribution in [-0.4, -0.2) is 54.1 Å². The first-order valence-corrected chi connectivity index (χ1v) is 12.0. The Balaban J connectivity index is 1.51. The molecule has 182 valence electrons. The van der Waals surface area contributed by atoms with Crippen molar-refractivity contribution in [2.24, 2.45) is 0 Å². The molecular formula is C29H33N3O3. The van der Waals surface area contributed by atoms with Crippen molar-refractivity contribution in [1.82, 2.24) is 9.80 Å². The Kier molecular flexibility index (Phi) is 7.83. The van der Waals surface area contributed by atoms with Crippen molar-refractivity contribution >= 4 is 17.7 Å². The lowest BCUT2D eigenvalue weighted by molar-refractivity contribution is 0.0508. The third-order valence-electron chi connectivity index (χ3n) is 6.59. The van der Waals surface area contributed by atoms with Crippen LogP contribution in [0.1, 0.15) is 35.3 Å². The number of urea groups is 1. The molecule has 0 spiro atoms. The molecule has 0 radical (unpaired) electrons. The van der Waals surface area contributed by atoms with Crippen molar-refractivity contribution in [1.29, 1.82) is 0 Å². The first-order valence-electron chi connectivity index (χ1n) is 12.0. The molecule has 0 bridgehead atoms. The van der Waals surface area contributed by atoms with Crippen LogP contribution in [0.4, 0.5) is 10.5 Å². The monoisotopic (exact) mass is 471 g/mol. The Morgan fingerprint density at radius 3 is 1.97 bits per heavy atom. The van der Waals surface area contributed by atoms with Crippen molar-refractivity contribution in [3.05, 3.63) is 102 Å². The van der Waals surface area contributed by atoms with Gasteiger partial charge in [-0.15, -0.1) is 0 Å². The maximum Gasteiger partial charge on any atom is 0.337 e. The molecule has 0 aromatic heterocycles. The molecule has 1 aliphatic rings. The fraction of sp³-hybridized carbons (Fsp3) is 0.310. The molecule has 1 aliphatic heterocycles. The van der Waals surface area contributed by atoms with Gasteiger partial charge in [0, 0.05) is 37.4 Å². The summed E-state index contributed by atoms with van der Waals surface area (Å²) in [4.78, 5) is 31.9. The topological polar surface area (TPSA) is 53.1 Å². The number of anilines is 1. The molecule has 35 heavy (non-hydrogen) atoms. The van der Waals surface area contributed by atoms with Gasteiger partial charge in [-0.1, -0.05) is 60.7 Å². The Morgan fingerprint density at radius 2 is 1.40 bits per heavy atom. The average Bonchev–Trinajstić information content (AvgIpc) is 2.90.